The van der Waals surface area contributed by atoms with E-state index in [1.807, 2.05) is 19.0 Å². The largest absolute Gasteiger partial charge is 0.308 e. The van der Waals surface area contributed by atoms with Crippen LogP contribution in [-0.4, -0.2) is 62.6 Å². The second-order valence-electron chi connectivity index (χ2n) is 7.35. The SMILES string of the molecule is CN(C)CCN(C(=O)/C=C/c1ccc([N+](=O)[O-])cc1)c1nc2c(S(C)(=O)=O)cccc2s1. The standard InChI is InChI=1S/C21H22N4O5S2/c1-23(2)13-14-24(19(26)12-9-15-7-10-16(11-8-15)25(27)28)21-22-20-17(31-21)5-4-6-18(20)32(3,29)30/h4-12H,13-14H2,1-3H3/b12-9+. The molecule has 0 unspecified atom stereocenters. The number of carbonyl (C=O) groups excluding carboxylic acids is 1. The first-order chi connectivity index (χ1) is 15.1. The molecule has 0 saturated heterocycles. The van der Waals surface area contributed by atoms with E-state index in [1.54, 1.807) is 30.3 Å². The van der Waals surface area contributed by atoms with Gasteiger partial charge in [-0.25, -0.2) is 13.4 Å². The zero-order valence-corrected chi connectivity index (χ0v) is 19.4. The third kappa shape index (κ3) is 5.55. The molecule has 1 aromatic heterocycles. The first-order valence-corrected chi connectivity index (χ1v) is 12.3. The van der Waals surface area contributed by atoms with E-state index in [-0.39, 0.29) is 16.5 Å². The van der Waals surface area contributed by atoms with E-state index in [2.05, 4.69) is 4.98 Å². The summed E-state index contributed by atoms with van der Waals surface area (Å²) in [5.74, 6) is -0.329. The van der Waals surface area contributed by atoms with E-state index in [9.17, 15) is 23.3 Å². The summed E-state index contributed by atoms with van der Waals surface area (Å²) in [4.78, 5) is 31.4. The lowest BCUT2D eigenvalue weighted by Gasteiger charge is -2.20. The van der Waals surface area contributed by atoms with Crippen molar-refractivity contribution in [3.8, 4) is 0 Å². The van der Waals surface area contributed by atoms with Crippen molar-refractivity contribution in [1.82, 2.24) is 9.88 Å². The van der Waals surface area contributed by atoms with E-state index >= 15 is 0 Å². The van der Waals surface area contributed by atoms with Gasteiger partial charge in [0.05, 0.1) is 14.5 Å². The molecule has 0 fully saturated rings. The van der Waals surface area contributed by atoms with Crippen molar-refractivity contribution in [2.24, 2.45) is 0 Å². The summed E-state index contributed by atoms with van der Waals surface area (Å²) in [6, 6.07) is 10.8. The van der Waals surface area contributed by atoms with Gasteiger partial charge in [0, 0.05) is 37.6 Å². The van der Waals surface area contributed by atoms with Gasteiger partial charge in [0.1, 0.15) is 5.52 Å². The van der Waals surface area contributed by atoms with Crippen molar-refractivity contribution < 1.29 is 18.1 Å². The Morgan fingerprint density at radius 1 is 1.16 bits per heavy atom. The number of benzene rings is 2. The molecule has 168 valence electrons. The number of sulfone groups is 1. The Bertz CT molecular complexity index is 1280. The number of nitro groups is 1. The van der Waals surface area contributed by atoms with E-state index in [0.29, 0.717) is 34.0 Å². The van der Waals surface area contributed by atoms with E-state index in [4.69, 9.17) is 0 Å². The molecule has 0 bridgehead atoms. The second-order valence-corrected chi connectivity index (χ2v) is 10.3. The number of amides is 1. The maximum Gasteiger partial charge on any atom is 0.269 e. The number of para-hydroxylation sites is 1. The van der Waals surface area contributed by atoms with Crippen LogP contribution >= 0.6 is 11.3 Å². The van der Waals surface area contributed by atoms with Gasteiger partial charge in [-0.05, 0) is 50.0 Å². The fourth-order valence-corrected chi connectivity index (χ4v) is 4.81. The molecule has 3 rings (SSSR count). The van der Waals surface area contributed by atoms with Crippen LogP contribution in [0.4, 0.5) is 10.8 Å². The summed E-state index contributed by atoms with van der Waals surface area (Å²) in [7, 11) is 0.296. The summed E-state index contributed by atoms with van der Waals surface area (Å²) in [5.41, 5.74) is 0.953. The van der Waals surface area contributed by atoms with Crippen LogP contribution in [0.3, 0.4) is 0 Å². The molecule has 0 aliphatic heterocycles. The van der Waals surface area contributed by atoms with Gasteiger partial charge in [0.15, 0.2) is 15.0 Å². The molecule has 9 nitrogen and oxygen atoms in total. The van der Waals surface area contributed by atoms with Gasteiger partial charge in [-0.3, -0.25) is 19.8 Å². The van der Waals surface area contributed by atoms with Crippen LogP contribution in [0.1, 0.15) is 5.56 Å². The molecule has 0 aliphatic carbocycles. The predicted molar refractivity (Wildman–Crippen MR) is 126 cm³/mol. The molecule has 0 radical (unpaired) electrons. The van der Waals surface area contributed by atoms with Crippen molar-refractivity contribution in [3.05, 3.63) is 64.2 Å². The number of hydrogen-bond acceptors (Lipinski definition) is 8. The van der Waals surface area contributed by atoms with E-state index < -0.39 is 14.8 Å². The van der Waals surface area contributed by atoms with E-state index in [1.165, 1.54) is 40.5 Å². The Morgan fingerprint density at radius 3 is 2.44 bits per heavy atom. The molecule has 1 heterocycles. The van der Waals surface area contributed by atoms with Gasteiger partial charge >= 0.3 is 0 Å². The van der Waals surface area contributed by atoms with Gasteiger partial charge in [-0.1, -0.05) is 17.4 Å². The number of likely N-dealkylation sites (N-methyl/N-ethyl adjacent to an activating group) is 1. The molecular formula is C21H22N4O5S2. The minimum absolute atomic E-state index is 0.0303. The number of hydrogen-bond donors (Lipinski definition) is 0. The monoisotopic (exact) mass is 474 g/mol. The predicted octanol–water partition coefficient (Wildman–Crippen LogP) is 3.22. The van der Waals surface area contributed by atoms with Crippen LogP contribution in [-0.2, 0) is 14.6 Å². The highest BCUT2D eigenvalue weighted by Crippen LogP contribution is 2.32. The van der Waals surface area contributed by atoms with Gasteiger partial charge < -0.3 is 4.90 Å². The van der Waals surface area contributed by atoms with Crippen molar-refractivity contribution in [1.29, 1.82) is 0 Å². The maximum atomic E-state index is 13.0. The van der Waals surface area contributed by atoms with Crippen LogP contribution in [0.25, 0.3) is 16.3 Å². The molecule has 1 amide bonds. The van der Waals surface area contributed by atoms with Crippen LogP contribution in [0.2, 0.25) is 0 Å². The lowest BCUT2D eigenvalue weighted by Crippen LogP contribution is -2.35. The number of carbonyl (C=O) groups is 1. The molecule has 0 N–H and O–H groups in total. The number of rotatable bonds is 8. The quantitative estimate of drug-likeness (QED) is 0.280. The average molecular weight is 475 g/mol. The second kappa shape index (κ2) is 9.55. The zero-order valence-electron chi connectivity index (χ0n) is 17.8. The van der Waals surface area contributed by atoms with Crippen LogP contribution in [0.15, 0.2) is 53.4 Å². The normalized spacial score (nSPS) is 12.0. The lowest BCUT2D eigenvalue weighted by atomic mass is 10.2. The van der Waals surface area contributed by atoms with Gasteiger partial charge in [0.25, 0.3) is 11.6 Å². The summed E-state index contributed by atoms with van der Waals surface area (Å²) in [5, 5.41) is 11.2. The number of nitro benzene ring substituents is 1. The number of aromatic nitrogens is 1. The molecule has 2 aromatic carbocycles. The maximum absolute atomic E-state index is 13.0. The number of anilines is 1. The summed E-state index contributed by atoms with van der Waals surface area (Å²) >= 11 is 1.24. The van der Waals surface area contributed by atoms with Gasteiger partial charge in [0.2, 0.25) is 0 Å². The minimum Gasteiger partial charge on any atom is -0.308 e. The zero-order chi connectivity index (χ0) is 23.5. The van der Waals surface area contributed by atoms with Crippen molar-refractivity contribution in [2.75, 3.05) is 38.3 Å². The molecule has 3 aromatic rings. The highest BCUT2D eigenvalue weighted by molar-refractivity contribution is 7.91. The molecule has 0 atom stereocenters. The van der Waals surface area contributed by atoms with Crippen molar-refractivity contribution in [2.45, 2.75) is 4.90 Å². The third-order valence-electron chi connectivity index (χ3n) is 4.56. The number of thiazole rings is 1. The molecule has 11 heteroatoms. The number of nitrogens with zero attached hydrogens (tertiary/aromatic N) is 4. The van der Waals surface area contributed by atoms with Gasteiger partial charge in [-0.15, -0.1) is 0 Å². The topological polar surface area (TPSA) is 114 Å². The van der Waals surface area contributed by atoms with Gasteiger partial charge in [-0.2, -0.15) is 0 Å². The molecular weight excluding hydrogens is 452 g/mol. The number of non-ortho nitro benzene ring substituents is 1. The Labute approximate surface area is 189 Å². The summed E-state index contributed by atoms with van der Waals surface area (Å²) < 4.78 is 24.9. The molecule has 32 heavy (non-hydrogen) atoms. The smallest absolute Gasteiger partial charge is 0.269 e. The third-order valence-corrected chi connectivity index (χ3v) is 6.73. The number of fused-ring (bicyclic) bond motifs is 1. The fourth-order valence-electron chi connectivity index (χ4n) is 2.89. The minimum atomic E-state index is -3.47. The first-order valence-electron chi connectivity index (χ1n) is 9.54. The molecule has 0 spiro atoms. The summed E-state index contributed by atoms with van der Waals surface area (Å²) in [6.45, 7) is 0.927. The Kier molecular flexibility index (Phi) is 7.02. The van der Waals surface area contributed by atoms with E-state index in [0.717, 1.165) is 6.26 Å². The van der Waals surface area contributed by atoms with Crippen LogP contribution in [0.5, 0.6) is 0 Å². The molecule has 0 saturated carbocycles. The summed E-state index contributed by atoms with van der Waals surface area (Å²) in [6.07, 6.45) is 4.08. The van der Waals surface area contributed by atoms with Crippen LogP contribution in [0, 0.1) is 10.1 Å². The van der Waals surface area contributed by atoms with Crippen LogP contribution < -0.4 is 4.90 Å². The average Bonchev–Trinajstić information content (AvgIpc) is 3.15. The Morgan fingerprint density at radius 2 is 1.84 bits per heavy atom. The Balaban J connectivity index is 1.94. The van der Waals surface area contributed by atoms with Crippen molar-refractivity contribution >= 4 is 54.2 Å². The lowest BCUT2D eigenvalue weighted by molar-refractivity contribution is -0.384. The molecule has 0 aliphatic rings. The highest BCUT2D eigenvalue weighted by Gasteiger charge is 2.21. The fraction of sp³-hybridized carbons (Fsp3) is 0.238. The first kappa shape index (κ1) is 23.5. The Hall–Kier alpha value is -3.15. The highest BCUT2D eigenvalue weighted by atomic mass is 32.2. The van der Waals surface area contributed by atoms with Crippen molar-refractivity contribution in [3.63, 3.8) is 0 Å².